The molecule has 0 aromatic carbocycles. The Bertz CT molecular complexity index is 373. The van der Waals surface area contributed by atoms with E-state index < -0.39 is 5.97 Å². The van der Waals surface area contributed by atoms with E-state index in [1.807, 2.05) is 6.92 Å². The predicted octanol–water partition coefficient (Wildman–Crippen LogP) is 1.33. The van der Waals surface area contributed by atoms with Gasteiger partial charge in [0.15, 0.2) is 5.69 Å². The molecule has 1 aromatic rings. The first-order valence-electron chi connectivity index (χ1n) is 4.28. The van der Waals surface area contributed by atoms with Crippen LogP contribution >= 0.6 is 0 Å². The predicted molar refractivity (Wildman–Crippen MR) is 50.8 cm³/mol. The Balaban J connectivity index is 2.75. The van der Waals surface area contributed by atoms with Crippen LogP contribution in [0.25, 0.3) is 0 Å². The van der Waals surface area contributed by atoms with E-state index in [-0.39, 0.29) is 5.69 Å². The molecule has 0 aliphatic heterocycles. The van der Waals surface area contributed by atoms with Crippen molar-refractivity contribution in [3.05, 3.63) is 23.8 Å². The quantitative estimate of drug-likeness (QED) is 0.714. The number of carbonyl (C=O) groups is 1. The molecule has 14 heavy (non-hydrogen) atoms. The van der Waals surface area contributed by atoms with Gasteiger partial charge in [-0.1, -0.05) is 12.8 Å². The van der Waals surface area contributed by atoms with Crippen LogP contribution in [0.1, 0.15) is 35.9 Å². The molecule has 1 N–H and O–H groups in total. The Labute approximate surface area is 82.0 Å². The molecule has 0 aliphatic rings. The van der Waals surface area contributed by atoms with E-state index in [1.54, 1.807) is 0 Å². The molecular formula is C10H10N2O2. The maximum Gasteiger partial charge on any atom is 0.356 e. The van der Waals surface area contributed by atoms with Crippen LogP contribution in [0.4, 0.5) is 0 Å². The molecule has 0 saturated carbocycles. The number of rotatable bonds is 2. The van der Waals surface area contributed by atoms with Crippen molar-refractivity contribution in [2.45, 2.75) is 19.8 Å². The largest absolute Gasteiger partial charge is 0.476 e. The highest BCUT2D eigenvalue weighted by atomic mass is 16.4. The van der Waals surface area contributed by atoms with E-state index in [0.717, 1.165) is 12.8 Å². The smallest absolute Gasteiger partial charge is 0.356 e. The van der Waals surface area contributed by atoms with Crippen LogP contribution in [-0.4, -0.2) is 21.0 Å². The molecule has 4 heteroatoms. The standard InChI is InChI=1S/C10H10N2O2/c1-2-3-4-5-8-6-12-9(7-11-8)10(13)14/h6-7H,2-3H2,1H3,(H,13,14). The Morgan fingerprint density at radius 3 is 2.79 bits per heavy atom. The minimum absolute atomic E-state index is 0.0639. The highest BCUT2D eigenvalue weighted by Crippen LogP contribution is 1.94. The zero-order valence-corrected chi connectivity index (χ0v) is 7.82. The van der Waals surface area contributed by atoms with Gasteiger partial charge in [-0.15, -0.1) is 0 Å². The van der Waals surface area contributed by atoms with Gasteiger partial charge in [0.2, 0.25) is 0 Å². The molecule has 0 atom stereocenters. The summed E-state index contributed by atoms with van der Waals surface area (Å²) < 4.78 is 0. The molecule has 4 nitrogen and oxygen atoms in total. The monoisotopic (exact) mass is 190 g/mol. The van der Waals surface area contributed by atoms with Crippen LogP contribution in [0, 0.1) is 11.8 Å². The number of hydrogen-bond donors (Lipinski definition) is 1. The summed E-state index contributed by atoms with van der Waals surface area (Å²) in [5.41, 5.74) is 0.439. The fourth-order valence-electron chi connectivity index (χ4n) is 0.781. The minimum Gasteiger partial charge on any atom is -0.476 e. The van der Waals surface area contributed by atoms with E-state index in [4.69, 9.17) is 5.11 Å². The Kier molecular flexibility index (Phi) is 3.62. The van der Waals surface area contributed by atoms with Crippen molar-refractivity contribution >= 4 is 5.97 Å². The number of aromatic carboxylic acids is 1. The molecule has 0 aliphatic carbocycles. The van der Waals surface area contributed by atoms with Crippen LogP contribution in [0.2, 0.25) is 0 Å². The number of carboxylic acid groups (broad SMARTS) is 1. The van der Waals surface area contributed by atoms with Gasteiger partial charge in [0, 0.05) is 6.42 Å². The van der Waals surface area contributed by atoms with Crippen molar-refractivity contribution in [1.29, 1.82) is 0 Å². The Hall–Kier alpha value is -1.89. The molecule has 0 spiro atoms. The SMILES string of the molecule is CCCC#Cc1cnc(C(=O)O)cn1. The zero-order chi connectivity index (χ0) is 10.4. The van der Waals surface area contributed by atoms with Gasteiger partial charge >= 0.3 is 5.97 Å². The van der Waals surface area contributed by atoms with Gasteiger partial charge in [-0.05, 0) is 12.3 Å². The maximum absolute atomic E-state index is 10.4. The molecule has 0 amide bonds. The second-order valence-corrected chi connectivity index (χ2v) is 2.64. The van der Waals surface area contributed by atoms with Crippen molar-refractivity contribution in [3.63, 3.8) is 0 Å². The van der Waals surface area contributed by atoms with E-state index in [1.165, 1.54) is 12.4 Å². The summed E-state index contributed by atoms with van der Waals surface area (Å²) in [6.07, 6.45) is 4.38. The molecule has 72 valence electrons. The van der Waals surface area contributed by atoms with Gasteiger partial charge in [0.1, 0.15) is 5.69 Å². The molecule has 0 unspecified atom stereocenters. The summed E-state index contributed by atoms with van der Waals surface area (Å²) in [6, 6.07) is 0. The third kappa shape index (κ3) is 2.87. The fraction of sp³-hybridized carbons (Fsp3) is 0.300. The normalized spacial score (nSPS) is 8.93. The number of hydrogen-bond acceptors (Lipinski definition) is 3. The van der Waals surface area contributed by atoms with Crippen LogP contribution in [0.3, 0.4) is 0 Å². The Morgan fingerprint density at radius 2 is 2.29 bits per heavy atom. The van der Waals surface area contributed by atoms with E-state index >= 15 is 0 Å². The van der Waals surface area contributed by atoms with E-state index in [9.17, 15) is 4.79 Å². The topological polar surface area (TPSA) is 63.1 Å². The summed E-state index contributed by atoms with van der Waals surface area (Å²) in [5, 5.41) is 8.55. The lowest BCUT2D eigenvalue weighted by Gasteiger charge is -1.91. The summed E-state index contributed by atoms with van der Waals surface area (Å²) in [4.78, 5) is 18.0. The fourth-order valence-corrected chi connectivity index (χ4v) is 0.781. The third-order valence-electron chi connectivity index (χ3n) is 1.46. The lowest BCUT2D eigenvalue weighted by Crippen LogP contribution is -2.01. The summed E-state index contributed by atoms with van der Waals surface area (Å²) in [7, 11) is 0. The van der Waals surface area contributed by atoms with Crippen molar-refractivity contribution in [1.82, 2.24) is 9.97 Å². The summed E-state index contributed by atoms with van der Waals surface area (Å²) >= 11 is 0. The second-order valence-electron chi connectivity index (χ2n) is 2.64. The van der Waals surface area contributed by atoms with Gasteiger partial charge in [0.25, 0.3) is 0 Å². The van der Waals surface area contributed by atoms with Crippen molar-refractivity contribution in [2.24, 2.45) is 0 Å². The summed E-state index contributed by atoms with van der Waals surface area (Å²) in [6.45, 7) is 2.04. The van der Waals surface area contributed by atoms with Gasteiger partial charge in [-0.2, -0.15) is 0 Å². The first-order chi connectivity index (χ1) is 6.74. The lowest BCUT2D eigenvalue weighted by atomic mass is 10.3. The van der Waals surface area contributed by atoms with Gasteiger partial charge in [-0.25, -0.2) is 14.8 Å². The van der Waals surface area contributed by atoms with Crippen molar-refractivity contribution in [2.75, 3.05) is 0 Å². The molecule has 1 rings (SSSR count). The van der Waals surface area contributed by atoms with Gasteiger partial charge < -0.3 is 5.11 Å². The number of nitrogens with zero attached hydrogens (tertiary/aromatic N) is 2. The molecule has 0 saturated heterocycles. The zero-order valence-electron chi connectivity index (χ0n) is 7.82. The van der Waals surface area contributed by atoms with Crippen LogP contribution in [0.5, 0.6) is 0 Å². The third-order valence-corrected chi connectivity index (χ3v) is 1.46. The maximum atomic E-state index is 10.4. The van der Waals surface area contributed by atoms with Crippen LogP contribution in [-0.2, 0) is 0 Å². The van der Waals surface area contributed by atoms with Gasteiger partial charge in [0.05, 0.1) is 12.4 Å². The number of carboxylic acids is 1. The molecular weight excluding hydrogens is 180 g/mol. The van der Waals surface area contributed by atoms with E-state index in [2.05, 4.69) is 21.8 Å². The average Bonchev–Trinajstić information content (AvgIpc) is 2.19. The number of unbranched alkanes of at least 4 members (excludes halogenated alkanes) is 1. The molecule has 0 fully saturated rings. The lowest BCUT2D eigenvalue weighted by molar-refractivity contribution is 0.0690. The number of aromatic nitrogens is 2. The van der Waals surface area contributed by atoms with Crippen LogP contribution < -0.4 is 0 Å². The summed E-state index contributed by atoms with van der Waals surface area (Å²) in [5.74, 6) is 4.62. The minimum atomic E-state index is -1.08. The molecule has 1 aromatic heterocycles. The van der Waals surface area contributed by atoms with Gasteiger partial charge in [-0.3, -0.25) is 0 Å². The van der Waals surface area contributed by atoms with E-state index in [0.29, 0.717) is 5.69 Å². The second kappa shape index (κ2) is 4.97. The average molecular weight is 190 g/mol. The molecule has 1 heterocycles. The molecule has 0 radical (unpaired) electrons. The first kappa shape index (κ1) is 10.2. The van der Waals surface area contributed by atoms with Crippen molar-refractivity contribution < 1.29 is 9.90 Å². The molecule has 0 bridgehead atoms. The first-order valence-corrected chi connectivity index (χ1v) is 4.28. The van der Waals surface area contributed by atoms with Crippen LogP contribution in [0.15, 0.2) is 12.4 Å². The van der Waals surface area contributed by atoms with Crippen molar-refractivity contribution in [3.8, 4) is 11.8 Å². The Morgan fingerprint density at radius 1 is 1.50 bits per heavy atom. The highest BCUT2D eigenvalue weighted by Gasteiger charge is 2.02. The highest BCUT2D eigenvalue weighted by molar-refractivity contribution is 5.84.